The monoisotopic (exact) mass is 287 g/mol. The molecule has 0 saturated heterocycles. The summed E-state index contributed by atoms with van der Waals surface area (Å²) in [5, 5.41) is 0. The van der Waals surface area contributed by atoms with Gasteiger partial charge in [-0.25, -0.2) is 8.78 Å². The van der Waals surface area contributed by atoms with E-state index in [1.54, 1.807) is 0 Å². The molecule has 1 aliphatic rings. The highest BCUT2D eigenvalue weighted by molar-refractivity contribution is 5.95. The van der Waals surface area contributed by atoms with E-state index in [-0.39, 0.29) is 24.2 Å². The number of aliphatic imine (C=N–C) groups is 1. The summed E-state index contributed by atoms with van der Waals surface area (Å²) in [6.07, 6.45) is 0.895. The van der Waals surface area contributed by atoms with Crippen LogP contribution in [0, 0.1) is 11.6 Å². The maximum Gasteiger partial charge on any atom is 0.166 e. The van der Waals surface area contributed by atoms with E-state index in [4.69, 9.17) is 4.74 Å². The largest absolute Gasteiger partial charge is 0.484 e. The number of rotatable bonds is 4. The summed E-state index contributed by atoms with van der Waals surface area (Å²) in [7, 11) is 0. The molecule has 1 aliphatic heterocycles. The first-order valence-electron chi connectivity index (χ1n) is 6.39. The predicted molar refractivity (Wildman–Crippen MR) is 74.5 cm³/mol. The van der Waals surface area contributed by atoms with Gasteiger partial charge in [0.2, 0.25) is 0 Å². The van der Waals surface area contributed by atoms with Crippen LogP contribution in [0.4, 0.5) is 14.5 Å². The quantitative estimate of drug-likeness (QED) is 0.807. The molecule has 0 saturated carbocycles. The van der Waals surface area contributed by atoms with E-state index in [1.165, 1.54) is 0 Å². The molecule has 2 aromatic rings. The molecule has 3 rings (SSSR count). The minimum atomic E-state index is -0.807. The van der Waals surface area contributed by atoms with E-state index in [2.05, 4.69) is 4.99 Å². The highest BCUT2D eigenvalue weighted by Gasteiger charge is 2.16. The van der Waals surface area contributed by atoms with Crippen LogP contribution in [0.3, 0.4) is 0 Å². The molecule has 0 aliphatic carbocycles. The Morgan fingerprint density at radius 2 is 2.00 bits per heavy atom. The molecular weight excluding hydrogens is 276 g/mol. The van der Waals surface area contributed by atoms with Gasteiger partial charge in [0.15, 0.2) is 17.9 Å². The molecule has 0 unspecified atom stereocenters. The third-order valence-corrected chi connectivity index (χ3v) is 3.24. The summed E-state index contributed by atoms with van der Waals surface area (Å²) in [5.74, 6) is -1.80. The molecule has 1 heterocycles. The van der Waals surface area contributed by atoms with Crippen LogP contribution < -0.4 is 4.74 Å². The van der Waals surface area contributed by atoms with Crippen LogP contribution >= 0.6 is 0 Å². The number of para-hydroxylation sites is 1. The summed E-state index contributed by atoms with van der Waals surface area (Å²) in [5.41, 5.74) is 2.37. The Labute approximate surface area is 119 Å². The Balaban J connectivity index is 1.72. The number of hydrogen-bond donors (Lipinski definition) is 0. The van der Waals surface area contributed by atoms with E-state index < -0.39 is 11.6 Å². The van der Waals surface area contributed by atoms with Gasteiger partial charge in [-0.05, 0) is 17.7 Å². The third-order valence-electron chi connectivity index (χ3n) is 3.24. The molecule has 106 valence electrons. The van der Waals surface area contributed by atoms with E-state index in [1.807, 2.05) is 24.3 Å². The lowest BCUT2D eigenvalue weighted by atomic mass is 10.1. The fraction of sp³-hybridized carbons (Fsp3) is 0.125. The molecule has 0 amide bonds. The molecule has 0 bridgehead atoms. The lowest BCUT2D eigenvalue weighted by molar-refractivity contribution is 0.111. The zero-order chi connectivity index (χ0) is 14.8. The summed E-state index contributed by atoms with van der Waals surface area (Å²) >= 11 is 0. The number of carbonyl (C=O) groups is 1. The third kappa shape index (κ3) is 2.67. The first kappa shape index (κ1) is 13.4. The number of hydrogen-bond acceptors (Lipinski definition) is 3. The summed E-state index contributed by atoms with van der Waals surface area (Å²) < 4.78 is 32.4. The van der Waals surface area contributed by atoms with Crippen LogP contribution in [-0.2, 0) is 6.42 Å². The van der Waals surface area contributed by atoms with Crippen LogP contribution in [0.1, 0.15) is 15.9 Å². The standard InChI is InChI=1S/C16H11F2NO2/c17-13-7-16(14(18)6-11(13)8-20)21-9-12-5-10-3-1-2-4-15(10)19-12/h1-4,6-8H,5,9H2. The van der Waals surface area contributed by atoms with E-state index >= 15 is 0 Å². The number of carbonyl (C=O) groups excluding carboxylic acids is 1. The van der Waals surface area contributed by atoms with Crippen LogP contribution in [0.15, 0.2) is 41.4 Å². The smallest absolute Gasteiger partial charge is 0.166 e. The summed E-state index contributed by atoms with van der Waals surface area (Å²) in [6.45, 7) is 0.0749. The topological polar surface area (TPSA) is 38.7 Å². The highest BCUT2D eigenvalue weighted by atomic mass is 19.1. The van der Waals surface area contributed by atoms with Crippen molar-refractivity contribution >= 4 is 17.7 Å². The molecule has 21 heavy (non-hydrogen) atoms. The van der Waals surface area contributed by atoms with E-state index in [0.717, 1.165) is 29.1 Å². The second kappa shape index (κ2) is 5.44. The zero-order valence-electron chi connectivity index (χ0n) is 11.0. The lowest BCUT2D eigenvalue weighted by Gasteiger charge is -2.08. The normalized spacial score (nSPS) is 12.8. The minimum absolute atomic E-state index is 0.0749. The van der Waals surface area contributed by atoms with Gasteiger partial charge >= 0.3 is 0 Å². The zero-order valence-corrected chi connectivity index (χ0v) is 11.0. The van der Waals surface area contributed by atoms with Gasteiger partial charge in [-0.1, -0.05) is 18.2 Å². The van der Waals surface area contributed by atoms with Gasteiger partial charge in [-0.15, -0.1) is 0 Å². The molecule has 3 nitrogen and oxygen atoms in total. The molecule has 0 spiro atoms. The molecule has 5 heteroatoms. The van der Waals surface area contributed by atoms with Crippen LogP contribution in [0.2, 0.25) is 0 Å². The van der Waals surface area contributed by atoms with Crippen LogP contribution in [0.25, 0.3) is 0 Å². The minimum Gasteiger partial charge on any atom is -0.484 e. The van der Waals surface area contributed by atoms with Gasteiger partial charge in [0.25, 0.3) is 0 Å². The predicted octanol–water partition coefficient (Wildman–Crippen LogP) is 3.48. The molecule has 0 atom stereocenters. The second-order valence-electron chi connectivity index (χ2n) is 4.69. The SMILES string of the molecule is O=Cc1cc(F)c(OCC2=Nc3ccccc3C2)cc1F. The van der Waals surface area contributed by atoms with Gasteiger partial charge in [-0.2, -0.15) is 0 Å². The molecule has 2 aromatic carbocycles. The summed E-state index contributed by atoms with van der Waals surface area (Å²) in [6, 6.07) is 9.36. The van der Waals surface area contributed by atoms with Crippen molar-refractivity contribution < 1.29 is 18.3 Å². The molecule has 0 radical (unpaired) electrons. The first-order chi connectivity index (χ1) is 10.2. The molecule has 0 aromatic heterocycles. The van der Waals surface area contributed by atoms with E-state index in [9.17, 15) is 13.6 Å². The Morgan fingerprint density at radius 3 is 2.76 bits per heavy atom. The van der Waals surface area contributed by atoms with Crippen LogP contribution in [-0.4, -0.2) is 18.6 Å². The van der Waals surface area contributed by atoms with Crippen molar-refractivity contribution in [2.45, 2.75) is 6.42 Å². The fourth-order valence-electron chi connectivity index (χ4n) is 2.19. The Bertz CT molecular complexity index is 741. The van der Waals surface area contributed by atoms with Crippen molar-refractivity contribution in [2.75, 3.05) is 6.61 Å². The Kier molecular flexibility index (Phi) is 3.48. The number of aldehydes is 1. The Hall–Kier alpha value is -2.56. The number of ether oxygens (including phenoxy) is 1. The average molecular weight is 287 g/mol. The van der Waals surface area contributed by atoms with Crippen molar-refractivity contribution in [3.8, 4) is 5.75 Å². The summed E-state index contributed by atoms with van der Waals surface area (Å²) in [4.78, 5) is 14.9. The lowest BCUT2D eigenvalue weighted by Crippen LogP contribution is -2.12. The van der Waals surface area contributed by atoms with E-state index in [0.29, 0.717) is 6.42 Å². The second-order valence-corrected chi connectivity index (χ2v) is 4.69. The highest BCUT2D eigenvalue weighted by Crippen LogP contribution is 2.27. The number of nitrogens with zero attached hydrogens (tertiary/aromatic N) is 1. The van der Waals surface area contributed by atoms with Crippen molar-refractivity contribution in [3.63, 3.8) is 0 Å². The molecule has 0 N–H and O–H groups in total. The first-order valence-corrected chi connectivity index (χ1v) is 6.39. The van der Waals surface area contributed by atoms with Gasteiger partial charge in [0.05, 0.1) is 17.0 Å². The van der Waals surface area contributed by atoms with Crippen molar-refractivity contribution in [3.05, 3.63) is 59.2 Å². The molecule has 0 fully saturated rings. The molecular formula is C16H11F2NO2. The fourth-order valence-corrected chi connectivity index (χ4v) is 2.19. The number of halogens is 2. The average Bonchev–Trinajstić information content (AvgIpc) is 2.90. The van der Waals surface area contributed by atoms with Crippen molar-refractivity contribution in [1.82, 2.24) is 0 Å². The van der Waals surface area contributed by atoms with Gasteiger partial charge < -0.3 is 4.74 Å². The number of benzene rings is 2. The number of fused-ring (bicyclic) bond motifs is 1. The van der Waals surface area contributed by atoms with Crippen molar-refractivity contribution in [2.24, 2.45) is 4.99 Å². The van der Waals surface area contributed by atoms with Gasteiger partial charge in [0, 0.05) is 12.5 Å². The van der Waals surface area contributed by atoms with Crippen molar-refractivity contribution in [1.29, 1.82) is 0 Å². The van der Waals surface area contributed by atoms with Gasteiger partial charge in [0.1, 0.15) is 12.4 Å². The van der Waals surface area contributed by atoms with Gasteiger partial charge in [-0.3, -0.25) is 9.79 Å². The Morgan fingerprint density at radius 1 is 1.19 bits per heavy atom. The maximum atomic E-state index is 13.7. The maximum absolute atomic E-state index is 13.7. The van der Waals surface area contributed by atoms with Crippen LogP contribution in [0.5, 0.6) is 5.75 Å².